The van der Waals surface area contributed by atoms with E-state index in [9.17, 15) is 32.3 Å². The van der Waals surface area contributed by atoms with Crippen LogP contribution < -0.4 is 10.6 Å². The Morgan fingerprint density at radius 2 is 1.78 bits per heavy atom. The summed E-state index contributed by atoms with van der Waals surface area (Å²) in [6.45, 7) is 1.31. The number of rotatable bonds is 8. The molecular weight excluding hydrogens is 478 g/mol. The molecule has 0 spiro atoms. The molecule has 10 heteroatoms. The van der Waals surface area contributed by atoms with Crippen molar-refractivity contribution in [2.45, 2.75) is 56.8 Å². The minimum atomic E-state index is -4.58. The van der Waals surface area contributed by atoms with Crippen LogP contribution in [0.1, 0.15) is 60.5 Å². The number of alkyl halides is 3. The van der Waals surface area contributed by atoms with Gasteiger partial charge in [0.2, 0.25) is 5.91 Å². The highest BCUT2D eigenvalue weighted by Crippen LogP contribution is 2.40. The van der Waals surface area contributed by atoms with Crippen LogP contribution in [0.3, 0.4) is 0 Å². The number of hydrogen-bond donors (Lipinski definition) is 4. The maximum atomic E-state index is 13.2. The van der Waals surface area contributed by atoms with Gasteiger partial charge < -0.3 is 21.1 Å². The molecule has 0 aromatic heterocycles. The highest BCUT2D eigenvalue weighted by Gasteiger charge is 2.36. The van der Waals surface area contributed by atoms with Crippen molar-refractivity contribution in [3.63, 3.8) is 0 Å². The zero-order valence-corrected chi connectivity index (χ0v) is 19.8. The van der Waals surface area contributed by atoms with Gasteiger partial charge in [-0.1, -0.05) is 18.2 Å². The van der Waals surface area contributed by atoms with Gasteiger partial charge in [-0.05, 0) is 74.4 Å². The molecule has 1 fully saturated rings. The number of hydrogen-bond acceptors (Lipinski definition) is 4. The van der Waals surface area contributed by atoms with E-state index in [2.05, 4.69) is 10.6 Å². The van der Waals surface area contributed by atoms with Gasteiger partial charge in [-0.15, -0.1) is 0 Å². The smallest absolute Gasteiger partial charge is 0.385 e. The minimum absolute atomic E-state index is 0.0503. The minimum Gasteiger partial charge on any atom is -0.385 e. The summed E-state index contributed by atoms with van der Waals surface area (Å²) in [5.41, 5.74) is -1.11. The first-order chi connectivity index (χ1) is 16.9. The van der Waals surface area contributed by atoms with Crippen molar-refractivity contribution in [3.05, 3.63) is 71.0 Å². The largest absolute Gasteiger partial charge is 0.416 e. The summed E-state index contributed by atoms with van der Waals surface area (Å²) in [6, 6.07) is 9.31. The fourth-order valence-electron chi connectivity index (χ4n) is 4.47. The summed E-state index contributed by atoms with van der Waals surface area (Å²) in [5.74, 6) is -1.74. The third kappa shape index (κ3) is 7.13. The average Bonchev–Trinajstić information content (AvgIpc) is 2.82. The van der Waals surface area contributed by atoms with E-state index >= 15 is 0 Å². The zero-order valence-electron chi connectivity index (χ0n) is 19.8. The van der Waals surface area contributed by atoms with Crippen LogP contribution in [0, 0.1) is 17.1 Å². The molecule has 1 saturated carbocycles. The molecule has 0 heterocycles. The summed E-state index contributed by atoms with van der Waals surface area (Å²) in [4.78, 5) is 24.3. The highest BCUT2D eigenvalue weighted by atomic mass is 19.4. The molecule has 6 nitrogen and oxygen atoms in total. The van der Waals surface area contributed by atoms with Gasteiger partial charge in [-0.2, -0.15) is 13.2 Å². The van der Waals surface area contributed by atoms with Crippen LogP contribution in [0.2, 0.25) is 0 Å². The fraction of sp³-hybridized carbons (Fsp3) is 0.423. The van der Waals surface area contributed by atoms with Gasteiger partial charge in [0.15, 0.2) is 0 Å². The van der Waals surface area contributed by atoms with Gasteiger partial charge in [0.25, 0.3) is 5.91 Å². The quantitative estimate of drug-likeness (QED) is 0.311. The van der Waals surface area contributed by atoms with Gasteiger partial charge in [0, 0.05) is 23.7 Å². The second kappa shape index (κ2) is 11.2. The Morgan fingerprint density at radius 3 is 2.39 bits per heavy atom. The van der Waals surface area contributed by atoms with E-state index in [-0.39, 0.29) is 23.7 Å². The second-order valence-electron chi connectivity index (χ2n) is 9.27. The lowest BCUT2D eigenvalue weighted by Crippen LogP contribution is -2.42. The summed E-state index contributed by atoms with van der Waals surface area (Å²) < 4.78 is 51.6. The van der Waals surface area contributed by atoms with E-state index in [1.54, 1.807) is 19.1 Å². The number of carbonyl (C=O) groups is 2. The Kier molecular flexibility index (Phi) is 8.50. The first-order valence-corrected chi connectivity index (χ1v) is 11.7. The molecule has 2 aromatic carbocycles. The Balaban J connectivity index is 1.43. The molecule has 1 atom stereocenters. The summed E-state index contributed by atoms with van der Waals surface area (Å²) in [5, 5.41) is 24.3. The van der Waals surface area contributed by atoms with Crippen LogP contribution >= 0.6 is 0 Å². The van der Waals surface area contributed by atoms with Crippen LogP contribution in [0.4, 0.5) is 17.6 Å². The molecule has 0 bridgehead atoms. The number of halogens is 4. The molecule has 36 heavy (non-hydrogen) atoms. The molecule has 1 aliphatic rings. The van der Waals surface area contributed by atoms with Crippen LogP contribution in [-0.4, -0.2) is 35.2 Å². The molecule has 1 aliphatic carbocycles. The van der Waals surface area contributed by atoms with Crippen molar-refractivity contribution in [1.82, 2.24) is 10.6 Å². The molecule has 0 saturated heterocycles. The monoisotopic (exact) mass is 507 g/mol. The van der Waals surface area contributed by atoms with E-state index in [1.165, 1.54) is 18.2 Å². The van der Waals surface area contributed by atoms with Gasteiger partial charge in [0.1, 0.15) is 5.82 Å². The molecule has 2 amide bonds. The molecule has 194 valence electrons. The third-order valence-electron chi connectivity index (χ3n) is 6.48. The SMILES string of the molecule is C[C@H](CC(=N)C1CCC(O)(c2ccc(F)cc2)CC1)NC(=O)CNC(=O)c1cccc(C(F)(F)F)c1. The Bertz CT molecular complexity index is 1090. The first kappa shape index (κ1) is 27.3. The standard InChI is InChI=1S/C26H29F4N3O3/c1-16(33-23(34)15-32-24(35)18-3-2-4-20(14-18)26(28,29)30)13-22(31)17-9-11-25(36,12-10-17)19-5-7-21(27)8-6-19/h2-8,14,16-17,31,36H,9-13,15H2,1H3,(H,32,35)(H,33,34)/t16-,17?,25?/m1/s1. The Hall–Kier alpha value is -3.27. The Morgan fingerprint density at radius 1 is 1.14 bits per heavy atom. The lowest BCUT2D eigenvalue weighted by molar-refractivity contribution is -0.137. The van der Waals surface area contributed by atoms with Crippen LogP contribution in [-0.2, 0) is 16.6 Å². The van der Waals surface area contributed by atoms with Gasteiger partial charge in [0.05, 0.1) is 17.7 Å². The highest BCUT2D eigenvalue weighted by molar-refractivity contribution is 5.96. The number of carbonyl (C=O) groups excluding carboxylic acids is 2. The summed E-state index contributed by atoms with van der Waals surface area (Å²) >= 11 is 0. The van der Waals surface area contributed by atoms with Crippen LogP contribution in [0.5, 0.6) is 0 Å². The zero-order chi connectivity index (χ0) is 26.5. The number of aliphatic hydroxyl groups is 1. The maximum Gasteiger partial charge on any atom is 0.416 e. The number of amides is 2. The molecule has 4 N–H and O–H groups in total. The van der Waals surface area contributed by atoms with Gasteiger partial charge in [-0.3, -0.25) is 9.59 Å². The number of benzene rings is 2. The lowest BCUT2D eigenvalue weighted by atomic mass is 9.73. The van der Waals surface area contributed by atoms with Crippen LogP contribution in [0.25, 0.3) is 0 Å². The van der Waals surface area contributed by atoms with Crippen molar-refractivity contribution in [2.75, 3.05) is 6.54 Å². The van der Waals surface area contributed by atoms with Crippen molar-refractivity contribution >= 4 is 17.5 Å². The molecular formula is C26H29F4N3O3. The summed E-state index contributed by atoms with van der Waals surface area (Å²) in [6.07, 6.45) is -2.25. The van der Waals surface area contributed by atoms with E-state index in [1.807, 2.05) is 0 Å². The predicted octanol–water partition coefficient (Wildman–Crippen LogP) is 4.57. The Labute approximate surface area is 206 Å². The van der Waals surface area contributed by atoms with Crippen molar-refractivity contribution < 1.29 is 32.3 Å². The molecule has 0 radical (unpaired) electrons. The number of nitrogens with one attached hydrogen (secondary N) is 3. The second-order valence-corrected chi connectivity index (χ2v) is 9.27. The van der Waals surface area contributed by atoms with Crippen molar-refractivity contribution in [3.8, 4) is 0 Å². The molecule has 0 aliphatic heterocycles. The van der Waals surface area contributed by atoms with E-state index in [4.69, 9.17) is 5.41 Å². The molecule has 3 rings (SSSR count). The molecule has 2 aromatic rings. The van der Waals surface area contributed by atoms with E-state index in [0.717, 1.165) is 18.2 Å². The summed E-state index contributed by atoms with van der Waals surface area (Å²) in [7, 11) is 0. The topological polar surface area (TPSA) is 102 Å². The predicted molar refractivity (Wildman–Crippen MR) is 126 cm³/mol. The van der Waals surface area contributed by atoms with Gasteiger partial charge in [-0.25, -0.2) is 4.39 Å². The van der Waals surface area contributed by atoms with Crippen molar-refractivity contribution in [1.29, 1.82) is 5.41 Å². The van der Waals surface area contributed by atoms with Crippen LogP contribution in [0.15, 0.2) is 48.5 Å². The lowest BCUT2D eigenvalue weighted by Gasteiger charge is -2.37. The van der Waals surface area contributed by atoms with Gasteiger partial charge >= 0.3 is 6.18 Å². The van der Waals surface area contributed by atoms with E-state index < -0.39 is 41.7 Å². The van der Waals surface area contributed by atoms with Crippen molar-refractivity contribution in [2.24, 2.45) is 5.92 Å². The third-order valence-corrected chi connectivity index (χ3v) is 6.48. The normalized spacial score (nSPS) is 20.9. The average molecular weight is 508 g/mol. The van der Waals surface area contributed by atoms with E-state index in [0.29, 0.717) is 37.0 Å². The fourth-order valence-corrected chi connectivity index (χ4v) is 4.47. The first-order valence-electron chi connectivity index (χ1n) is 11.7. The maximum absolute atomic E-state index is 13.2. The molecule has 0 unspecified atom stereocenters.